The molecule has 2 aromatic rings. The van der Waals surface area contributed by atoms with Crippen LogP contribution in [0, 0.1) is 12.3 Å². The van der Waals surface area contributed by atoms with Crippen LogP contribution < -0.4 is 10.2 Å². The zero-order valence-electron chi connectivity index (χ0n) is 26.7. The van der Waals surface area contributed by atoms with Crippen molar-refractivity contribution in [1.29, 1.82) is 0 Å². The third-order valence-corrected chi connectivity index (χ3v) is 8.01. The summed E-state index contributed by atoms with van der Waals surface area (Å²) in [6, 6.07) is 4.13. The summed E-state index contributed by atoms with van der Waals surface area (Å²) >= 11 is 0. The van der Waals surface area contributed by atoms with Crippen LogP contribution >= 0.6 is 0 Å². The lowest BCUT2D eigenvalue weighted by Gasteiger charge is -2.48. The van der Waals surface area contributed by atoms with Gasteiger partial charge in [0, 0.05) is 36.8 Å². The fourth-order valence-electron chi connectivity index (χ4n) is 5.73. The number of rotatable bonds is 10. The van der Waals surface area contributed by atoms with Gasteiger partial charge in [0.25, 0.3) is 0 Å². The van der Waals surface area contributed by atoms with E-state index in [1.165, 1.54) is 16.3 Å². The number of hydroxylamine groups is 2. The van der Waals surface area contributed by atoms with E-state index in [-0.39, 0.29) is 29.2 Å². The van der Waals surface area contributed by atoms with Crippen molar-refractivity contribution in [2.45, 2.75) is 85.7 Å². The lowest BCUT2D eigenvalue weighted by atomic mass is 9.79. The van der Waals surface area contributed by atoms with E-state index in [9.17, 15) is 4.79 Å². The molecule has 42 heavy (non-hydrogen) atoms. The van der Waals surface area contributed by atoms with Crippen molar-refractivity contribution < 1.29 is 14.7 Å². The zero-order valence-corrected chi connectivity index (χ0v) is 26.7. The highest BCUT2D eigenvalue weighted by molar-refractivity contribution is 6.50. The van der Waals surface area contributed by atoms with Crippen molar-refractivity contribution in [3.05, 3.63) is 47.2 Å². The predicted octanol–water partition coefficient (Wildman–Crippen LogP) is 5.20. The van der Waals surface area contributed by atoms with Gasteiger partial charge in [0.2, 0.25) is 5.82 Å². The molecular weight excluding hydrogens is 532 g/mol. The molecule has 2 unspecified atom stereocenters. The van der Waals surface area contributed by atoms with Gasteiger partial charge in [-0.2, -0.15) is 5.10 Å². The fraction of sp³-hybridized carbons (Fsp3) is 0.581. The van der Waals surface area contributed by atoms with Gasteiger partial charge in [-0.3, -0.25) is 4.79 Å². The van der Waals surface area contributed by atoms with Gasteiger partial charge in [-0.15, -0.1) is 15.0 Å². The number of carboxylic acid groups (broad SMARTS) is 1. The Hall–Kier alpha value is -3.57. The topological polar surface area (TPSA) is 120 Å². The van der Waals surface area contributed by atoms with Gasteiger partial charge >= 0.3 is 5.97 Å². The van der Waals surface area contributed by atoms with E-state index >= 15 is 0 Å². The van der Waals surface area contributed by atoms with E-state index in [4.69, 9.17) is 25.0 Å². The van der Waals surface area contributed by atoms with Crippen molar-refractivity contribution in [2.24, 2.45) is 15.5 Å². The molecule has 1 aromatic heterocycles. The van der Waals surface area contributed by atoms with E-state index in [2.05, 4.69) is 82.5 Å². The summed E-state index contributed by atoms with van der Waals surface area (Å²) in [4.78, 5) is 30.7. The molecule has 1 aromatic carbocycles. The summed E-state index contributed by atoms with van der Waals surface area (Å²) in [5, 5.41) is 23.3. The summed E-state index contributed by atoms with van der Waals surface area (Å²) in [5.74, 6) is 0.567. The van der Waals surface area contributed by atoms with E-state index in [1.807, 2.05) is 14.0 Å². The number of nitrogens with one attached hydrogen (secondary N) is 1. The van der Waals surface area contributed by atoms with E-state index in [1.54, 1.807) is 11.8 Å². The van der Waals surface area contributed by atoms with Crippen LogP contribution in [0.2, 0.25) is 0 Å². The zero-order chi connectivity index (χ0) is 31.1. The number of fused-ring (bicyclic) bond motifs is 2. The Kier molecular flexibility index (Phi) is 8.67. The average Bonchev–Trinajstić information content (AvgIpc) is 3.42. The molecule has 0 saturated carbocycles. The number of aliphatic carboxylic acids is 1. The second-order valence-corrected chi connectivity index (χ2v) is 13.1. The van der Waals surface area contributed by atoms with Crippen molar-refractivity contribution in [2.75, 3.05) is 32.1 Å². The molecule has 4 rings (SSSR count). The number of aromatic nitrogens is 3. The standard InChI is InChI=1S/C31H46N8O3/c1-18-14-24-22(19(2)17-31(8,9)38(24)13-12-32-10)16-23(18)33-26-27(30(5,6)7)35-39-29(26)34-28(36-39)21(4)37(11)42-20(3)15-25(40)41/h14,16,19,21,32H,3,12-13,15,17H2,1-2,4-11H3,(H,40,41). The number of likely N-dealkylation sites (N-methyl/N-ethyl adjacent to an activating group) is 1. The molecule has 11 heteroatoms. The first-order valence-corrected chi connectivity index (χ1v) is 14.6. The summed E-state index contributed by atoms with van der Waals surface area (Å²) in [6.07, 6.45) is 0.769. The van der Waals surface area contributed by atoms with Crippen LogP contribution in [-0.2, 0) is 9.63 Å². The molecule has 0 bridgehead atoms. The summed E-state index contributed by atoms with van der Waals surface area (Å²) in [6.45, 7) is 22.8. The van der Waals surface area contributed by atoms with Crippen LogP contribution in [0.15, 0.2) is 34.6 Å². The van der Waals surface area contributed by atoms with E-state index in [0.29, 0.717) is 23.3 Å². The van der Waals surface area contributed by atoms with Gasteiger partial charge in [0.15, 0.2) is 5.82 Å². The quantitative estimate of drug-likeness (QED) is 0.292. The maximum Gasteiger partial charge on any atom is 0.311 e. The lowest BCUT2D eigenvalue weighted by Crippen LogP contribution is -2.50. The van der Waals surface area contributed by atoms with Crippen LogP contribution in [0.25, 0.3) is 0 Å². The predicted molar refractivity (Wildman–Crippen MR) is 167 cm³/mol. The Bertz CT molecular complexity index is 1430. The van der Waals surface area contributed by atoms with Gasteiger partial charge in [-0.1, -0.05) is 34.3 Å². The SMILES string of the molecule is C=C(CC(=O)O)ON(C)C(C)c1nc2n(n1)N=C(C(C)(C)C)C2=Nc1cc2c(cc1C)N(CCNC)C(C)(C)CC2C. The van der Waals surface area contributed by atoms with Crippen LogP contribution in [0.4, 0.5) is 11.4 Å². The van der Waals surface area contributed by atoms with Gasteiger partial charge in [-0.05, 0) is 70.3 Å². The molecular formula is C31H46N8O3. The third-order valence-electron chi connectivity index (χ3n) is 8.01. The second-order valence-electron chi connectivity index (χ2n) is 13.1. The van der Waals surface area contributed by atoms with E-state index in [0.717, 1.165) is 36.5 Å². The minimum atomic E-state index is -1.01. The highest BCUT2D eigenvalue weighted by Gasteiger charge is 2.38. The number of hydrogen-bond donors (Lipinski definition) is 2. The van der Waals surface area contributed by atoms with Crippen molar-refractivity contribution >= 4 is 28.8 Å². The van der Waals surface area contributed by atoms with Gasteiger partial charge in [-0.25, -0.2) is 9.98 Å². The average molecular weight is 579 g/mol. The molecule has 0 fully saturated rings. The maximum atomic E-state index is 11.0. The number of carboxylic acids is 1. The minimum Gasteiger partial charge on any atom is -0.481 e. The van der Waals surface area contributed by atoms with Gasteiger partial charge in [0.05, 0.1) is 11.4 Å². The number of aliphatic imine (C=N–C) groups is 1. The van der Waals surface area contributed by atoms with E-state index < -0.39 is 5.97 Å². The van der Waals surface area contributed by atoms with Gasteiger partial charge < -0.3 is 20.2 Å². The fourth-order valence-corrected chi connectivity index (χ4v) is 5.73. The second kappa shape index (κ2) is 11.6. The number of benzene rings is 1. The molecule has 2 aliphatic rings. The molecule has 0 radical (unpaired) electrons. The third kappa shape index (κ3) is 6.27. The number of hydrogen-bond acceptors (Lipinski definition) is 9. The number of carbonyl (C=O) groups is 1. The first-order valence-electron chi connectivity index (χ1n) is 14.6. The molecule has 3 heterocycles. The molecule has 0 aliphatic carbocycles. The molecule has 11 nitrogen and oxygen atoms in total. The Morgan fingerprint density at radius 3 is 2.67 bits per heavy atom. The Morgan fingerprint density at radius 2 is 2.05 bits per heavy atom. The first-order chi connectivity index (χ1) is 19.5. The number of anilines is 1. The molecule has 228 valence electrons. The molecule has 2 aliphatic heterocycles. The molecule has 0 amide bonds. The molecule has 2 atom stereocenters. The number of aryl methyl sites for hydroxylation is 1. The van der Waals surface area contributed by atoms with Crippen molar-refractivity contribution in [3.63, 3.8) is 0 Å². The Morgan fingerprint density at radius 1 is 1.36 bits per heavy atom. The van der Waals surface area contributed by atoms with Crippen LogP contribution in [0.1, 0.15) is 96.0 Å². The van der Waals surface area contributed by atoms with Gasteiger partial charge in [0.1, 0.15) is 23.9 Å². The Balaban J connectivity index is 1.74. The summed E-state index contributed by atoms with van der Waals surface area (Å²) in [7, 11) is 3.69. The lowest BCUT2D eigenvalue weighted by molar-refractivity contribution is -0.147. The van der Waals surface area contributed by atoms with Crippen molar-refractivity contribution in [1.82, 2.24) is 25.3 Å². The van der Waals surface area contributed by atoms with Crippen LogP contribution in [0.3, 0.4) is 0 Å². The Labute approximate surface area is 249 Å². The molecule has 0 saturated heterocycles. The first kappa shape index (κ1) is 31.4. The monoisotopic (exact) mass is 578 g/mol. The largest absolute Gasteiger partial charge is 0.481 e. The summed E-state index contributed by atoms with van der Waals surface area (Å²) in [5.41, 5.74) is 5.86. The van der Waals surface area contributed by atoms with Crippen LogP contribution in [-0.4, -0.2) is 75.2 Å². The molecule has 2 N–H and O–H groups in total. The minimum absolute atomic E-state index is 0.0566. The molecule has 0 spiro atoms. The highest BCUT2D eigenvalue weighted by atomic mass is 16.7. The highest BCUT2D eigenvalue weighted by Crippen LogP contribution is 2.45. The smallest absolute Gasteiger partial charge is 0.311 e. The normalized spacial score (nSPS) is 19.5. The maximum absolute atomic E-state index is 11.0. The van der Waals surface area contributed by atoms with Crippen LogP contribution in [0.5, 0.6) is 0 Å². The number of nitrogens with zero attached hydrogens (tertiary/aromatic N) is 7. The van der Waals surface area contributed by atoms with Crippen molar-refractivity contribution in [3.8, 4) is 0 Å². The summed E-state index contributed by atoms with van der Waals surface area (Å²) < 4.78 is 0.